The predicted octanol–water partition coefficient (Wildman–Crippen LogP) is 0.133. The van der Waals surface area contributed by atoms with Gasteiger partial charge in [0.15, 0.2) is 0 Å². The lowest BCUT2D eigenvalue weighted by Crippen LogP contribution is -2.39. The van der Waals surface area contributed by atoms with E-state index in [4.69, 9.17) is 0 Å². The Morgan fingerprint density at radius 1 is 1.75 bits per heavy atom. The Kier molecular flexibility index (Phi) is 3.24. The molecule has 1 amide bonds. The summed E-state index contributed by atoms with van der Waals surface area (Å²) in [5, 5.41) is 10.5. The maximum atomic E-state index is 11.9. The van der Waals surface area contributed by atoms with Crippen molar-refractivity contribution in [3.05, 3.63) is 17.5 Å². The van der Waals surface area contributed by atoms with Crippen molar-refractivity contribution in [1.29, 1.82) is 0 Å². The number of fused-ring (bicyclic) bond motifs is 1. The molecule has 0 unspecified atom stereocenters. The number of hydrogen-bond donors (Lipinski definition) is 2. The molecule has 2 rings (SSSR count). The molecular formula is C11H18N4O. The van der Waals surface area contributed by atoms with Crippen molar-refractivity contribution < 1.29 is 4.79 Å². The van der Waals surface area contributed by atoms with Crippen LogP contribution in [0.3, 0.4) is 0 Å². The van der Waals surface area contributed by atoms with Gasteiger partial charge in [0.1, 0.15) is 0 Å². The van der Waals surface area contributed by atoms with E-state index < -0.39 is 0 Å². The van der Waals surface area contributed by atoms with Crippen molar-refractivity contribution >= 4 is 5.91 Å². The molecule has 2 N–H and O–H groups in total. The van der Waals surface area contributed by atoms with Crippen LogP contribution in [0.5, 0.6) is 0 Å². The molecule has 0 aromatic carbocycles. The molecule has 88 valence electrons. The fourth-order valence-corrected chi connectivity index (χ4v) is 2.02. The zero-order chi connectivity index (χ0) is 11.5. The zero-order valence-electron chi connectivity index (χ0n) is 9.79. The van der Waals surface area contributed by atoms with Gasteiger partial charge in [0.05, 0.1) is 11.6 Å². The maximum absolute atomic E-state index is 11.9. The predicted molar refractivity (Wildman–Crippen MR) is 61.0 cm³/mol. The van der Waals surface area contributed by atoms with Gasteiger partial charge in [-0.25, -0.2) is 0 Å². The SMILES string of the molecule is CCCNC(=O)[C@@H]1CNCc2cn(C)nc21. The van der Waals surface area contributed by atoms with Crippen molar-refractivity contribution in [3.8, 4) is 0 Å². The summed E-state index contributed by atoms with van der Waals surface area (Å²) in [5.41, 5.74) is 2.06. The van der Waals surface area contributed by atoms with Gasteiger partial charge in [-0.2, -0.15) is 5.10 Å². The van der Waals surface area contributed by atoms with E-state index in [9.17, 15) is 4.79 Å². The molecule has 0 saturated heterocycles. The van der Waals surface area contributed by atoms with Crippen LogP contribution < -0.4 is 10.6 Å². The highest BCUT2D eigenvalue weighted by atomic mass is 16.1. The lowest BCUT2D eigenvalue weighted by molar-refractivity contribution is -0.122. The van der Waals surface area contributed by atoms with Gasteiger partial charge in [0.25, 0.3) is 0 Å². The standard InChI is InChI=1S/C11H18N4O/c1-3-4-13-11(16)9-6-12-5-8-7-15(2)14-10(8)9/h7,9,12H,3-6H2,1-2H3,(H,13,16)/t9-/m1/s1. The van der Waals surface area contributed by atoms with Gasteiger partial charge in [-0.05, 0) is 6.42 Å². The third-order valence-electron chi connectivity index (χ3n) is 2.80. The Morgan fingerprint density at radius 2 is 2.56 bits per heavy atom. The molecule has 1 aromatic heterocycles. The van der Waals surface area contributed by atoms with Crippen LogP contribution in [0.1, 0.15) is 30.5 Å². The molecule has 0 fully saturated rings. The van der Waals surface area contributed by atoms with Crippen molar-refractivity contribution in [2.45, 2.75) is 25.8 Å². The van der Waals surface area contributed by atoms with Crippen molar-refractivity contribution in [3.63, 3.8) is 0 Å². The lowest BCUT2D eigenvalue weighted by Gasteiger charge is -2.21. The number of amides is 1. The van der Waals surface area contributed by atoms with E-state index in [2.05, 4.69) is 15.7 Å². The summed E-state index contributed by atoms with van der Waals surface area (Å²) in [6.45, 7) is 4.27. The average Bonchev–Trinajstić information content (AvgIpc) is 2.65. The average molecular weight is 222 g/mol. The number of nitrogens with one attached hydrogen (secondary N) is 2. The molecular weight excluding hydrogens is 204 g/mol. The molecule has 0 spiro atoms. The molecule has 0 radical (unpaired) electrons. The van der Waals surface area contributed by atoms with Crippen molar-refractivity contribution in [2.24, 2.45) is 7.05 Å². The van der Waals surface area contributed by atoms with Gasteiger partial charge in [-0.3, -0.25) is 9.48 Å². The molecule has 16 heavy (non-hydrogen) atoms. The van der Waals surface area contributed by atoms with Gasteiger partial charge in [0, 0.05) is 38.4 Å². The first-order valence-electron chi connectivity index (χ1n) is 5.73. The molecule has 5 nitrogen and oxygen atoms in total. The molecule has 5 heteroatoms. The molecule has 1 aliphatic rings. The fraction of sp³-hybridized carbons (Fsp3) is 0.636. The van der Waals surface area contributed by atoms with E-state index in [-0.39, 0.29) is 11.8 Å². The van der Waals surface area contributed by atoms with Crippen LogP contribution in [-0.2, 0) is 18.4 Å². The highest BCUT2D eigenvalue weighted by Gasteiger charge is 2.28. The van der Waals surface area contributed by atoms with Crippen LogP contribution in [-0.4, -0.2) is 28.8 Å². The first-order chi connectivity index (χ1) is 7.72. The van der Waals surface area contributed by atoms with Crippen LogP contribution in [0.2, 0.25) is 0 Å². The van der Waals surface area contributed by atoms with E-state index in [0.29, 0.717) is 6.54 Å². The number of rotatable bonds is 3. The van der Waals surface area contributed by atoms with E-state index in [1.165, 1.54) is 0 Å². The number of aryl methyl sites for hydroxylation is 1. The smallest absolute Gasteiger partial charge is 0.230 e. The van der Waals surface area contributed by atoms with Gasteiger partial charge in [0.2, 0.25) is 5.91 Å². The highest BCUT2D eigenvalue weighted by molar-refractivity contribution is 5.84. The molecule has 0 bridgehead atoms. The van der Waals surface area contributed by atoms with E-state index in [1.807, 2.05) is 20.2 Å². The number of hydrogen-bond acceptors (Lipinski definition) is 3. The number of aromatic nitrogens is 2. The number of carbonyl (C=O) groups is 1. The quantitative estimate of drug-likeness (QED) is 0.764. The summed E-state index contributed by atoms with van der Waals surface area (Å²) in [6, 6.07) is 0. The van der Waals surface area contributed by atoms with Gasteiger partial charge >= 0.3 is 0 Å². The second-order valence-electron chi connectivity index (χ2n) is 4.19. The van der Waals surface area contributed by atoms with Crippen LogP contribution >= 0.6 is 0 Å². The van der Waals surface area contributed by atoms with Crippen LogP contribution in [0.4, 0.5) is 0 Å². The summed E-state index contributed by atoms with van der Waals surface area (Å²) in [7, 11) is 1.89. The lowest BCUT2D eigenvalue weighted by atomic mass is 9.97. The summed E-state index contributed by atoms with van der Waals surface area (Å²) < 4.78 is 1.78. The minimum absolute atomic E-state index is 0.0778. The summed E-state index contributed by atoms with van der Waals surface area (Å²) in [4.78, 5) is 11.9. The third kappa shape index (κ3) is 2.09. The van der Waals surface area contributed by atoms with Crippen LogP contribution in [0.25, 0.3) is 0 Å². The van der Waals surface area contributed by atoms with Crippen LogP contribution in [0, 0.1) is 0 Å². The second-order valence-corrected chi connectivity index (χ2v) is 4.19. The van der Waals surface area contributed by atoms with Gasteiger partial charge in [-0.1, -0.05) is 6.92 Å². The maximum Gasteiger partial charge on any atom is 0.230 e. The number of carbonyl (C=O) groups excluding carboxylic acids is 1. The topological polar surface area (TPSA) is 59.0 Å². The largest absolute Gasteiger partial charge is 0.355 e. The second kappa shape index (κ2) is 4.65. The molecule has 0 aliphatic carbocycles. The molecule has 1 aliphatic heterocycles. The van der Waals surface area contributed by atoms with Gasteiger partial charge < -0.3 is 10.6 Å². The Balaban J connectivity index is 2.14. The summed E-state index contributed by atoms with van der Waals surface area (Å²) >= 11 is 0. The van der Waals surface area contributed by atoms with Crippen molar-refractivity contribution in [1.82, 2.24) is 20.4 Å². The van der Waals surface area contributed by atoms with Gasteiger partial charge in [-0.15, -0.1) is 0 Å². The molecule has 0 saturated carbocycles. The highest BCUT2D eigenvalue weighted by Crippen LogP contribution is 2.22. The molecule has 2 heterocycles. The van der Waals surface area contributed by atoms with E-state index >= 15 is 0 Å². The minimum Gasteiger partial charge on any atom is -0.355 e. The first-order valence-corrected chi connectivity index (χ1v) is 5.73. The monoisotopic (exact) mass is 222 g/mol. The minimum atomic E-state index is -0.142. The Bertz CT molecular complexity index is 385. The van der Waals surface area contributed by atoms with Crippen molar-refractivity contribution in [2.75, 3.05) is 13.1 Å². The normalized spacial score (nSPS) is 19.2. The third-order valence-corrected chi connectivity index (χ3v) is 2.80. The fourth-order valence-electron chi connectivity index (χ4n) is 2.02. The van der Waals surface area contributed by atoms with Crippen LogP contribution in [0.15, 0.2) is 6.20 Å². The Labute approximate surface area is 95.2 Å². The summed E-state index contributed by atoms with van der Waals surface area (Å²) in [6.07, 6.45) is 2.93. The Hall–Kier alpha value is -1.36. The number of nitrogens with zero attached hydrogens (tertiary/aromatic N) is 2. The Morgan fingerprint density at radius 3 is 3.31 bits per heavy atom. The first kappa shape index (κ1) is 11.1. The van der Waals surface area contributed by atoms with E-state index in [1.54, 1.807) is 4.68 Å². The summed E-state index contributed by atoms with van der Waals surface area (Å²) in [5.74, 6) is -0.0644. The van der Waals surface area contributed by atoms with E-state index in [0.717, 1.165) is 30.8 Å². The zero-order valence-corrected chi connectivity index (χ0v) is 9.79. The molecule has 1 aromatic rings. The molecule has 1 atom stereocenters.